The van der Waals surface area contributed by atoms with Crippen molar-refractivity contribution in [3.8, 4) is 0 Å². The zero-order chi connectivity index (χ0) is 7.28. The predicted octanol–water partition coefficient (Wildman–Crippen LogP) is -3.77. The van der Waals surface area contributed by atoms with E-state index >= 15 is 0 Å². The molecule has 1 fully saturated rings. The van der Waals surface area contributed by atoms with Gasteiger partial charge in [0.2, 0.25) is 0 Å². The van der Waals surface area contributed by atoms with Crippen LogP contribution in [0.2, 0.25) is 0 Å². The van der Waals surface area contributed by atoms with Gasteiger partial charge in [0.1, 0.15) is 0 Å². The number of carboxylic acid groups (broad SMARTS) is 2. The van der Waals surface area contributed by atoms with Gasteiger partial charge >= 0.3 is 44.8 Å². The van der Waals surface area contributed by atoms with E-state index in [0.717, 1.165) is 0 Å². The number of nitrogens with one attached hydrogen (secondary N) is 1. The molecule has 0 bridgehead atoms. The molecule has 1 saturated heterocycles. The third-order valence-corrected chi connectivity index (χ3v) is 0.417. The molecule has 0 atom stereocenters. The topological polar surface area (TPSA) is 137 Å². The molecule has 4 N–H and O–H groups in total. The van der Waals surface area contributed by atoms with Gasteiger partial charge in [-0.05, 0) is 0 Å². The average molecular weight is 364 g/mol. The standard InChI is InChI=1S/C2H5N.C2H2O4.2Ag.H3N/c1-2-3-1;3-1(4)2(5)6;;;/h3H,1-2H2;(H,3,4)(H,5,6);;;1H3/q;;2*+1;/p-2. The van der Waals surface area contributed by atoms with Crippen LogP contribution in [-0.4, -0.2) is 25.0 Å². The molecule has 1 rings (SSSR count). The molecule has 0 saturated carbocycles. The van der Waals surface area contributed by atoms with Crippen molar-refractivity contribution < 1.29 is 64.6 Å². The van der Waals surface area contributed by atoms with Gasteiger partial charge in [0.25, 0.3) is 0 Å². The van der Waals surface area contributed by atoms with E-state index in [1.54, 1.807) is 0 Å². The number of rotatable bonds is 0. The first-order valence-electron chi connectivity index (χ1n) is 2.27. The Morgan fingerprint density at radius 1 is 1.00 bits per heavy atom. The van der Waals surface area contributed by atoms with Crippen LogP contribution in [0.15, 0.2) is 0 Å². The van der Waals surface area contributed by atoms with E-state index in [-0.39, 0.29) is 50.9 Å². The molecule has 1 heterocycles. The molecular weight excluding hydrogens is 356 g/mol. The van der Waals surface area contributed by atoms with Crippen LogP contribution in [0.5, 0.6) is 0 Å². The van der Waals surface area contributed by atoms with Gasteiger partial charge in [-0.1, -0.05) is 0 Å². The van der Waals surface area contributed by atoms with Crippen molar-refractivity contribution in [1.82, 2.24) is 11.5 Å². The molecule has 0 aromatic heterocycles. The Hall–Kier alpha value is 0.341. The Morgan fingerprint density at radius 2 is 1.17 bits per heavy atom. The van der Waals surface area contributed by atoms with E-state index in [4.69, 9.17) is 19.8 Å². The molecule has 1 aliphatic heterocycles. The zero-order valence-electron chi connectivity index (χ0n) is 5.86. The summed E-state index contributed by atoms with van der Waals surface area (Å²) in [7, 11) is 0. The van der Waals surface area contributed by atoms with Gasteiger partial charge < -0.3 is 31.3 Å². The SMILES string of the molecule is C1CN1.N.O=C([O-])C(=O)[O-].[Ag+].[Ag+]. The second-order valence-corrected chi connectivity index (χ2v) is 1.32. The van der Waals surface area contributed by atoms with Crippen LogP contribution >= 0.6 is 0 Å². The summed E-state index contributed by atoms with van der Waals surface area (Å²) in [6.45, 7) is 2.50. The minimum absolute atomic E-state index is 0. The van der Waals surface area contributed by atoms with Crippen LogP contribution in [-0.2, 0) is 54.3 Å². The Morgan fingerprint density at radius 3 is 1.17 bits per heavy atom. The fourth-order valence-electron chi connectivity index (χ4n) is 0. The Kier molecular flexibility index (Phi) is 26.4. The van der Waals surface area contributed by atoms with E-state index in [2.05, 4.69) is 5.32 Å². The van der Waals surface area contributed by atoms with Crippen molar-refractivity contribution in [2.75, 3.05) is 13.1 Å². The minimum Gasteiger partial charge on any atom is -0.543 e. The van der Waals surface area contributed by atoms with Crippen molar-refractivity contribution in [1.29, 1.82) is 0 Å². The molecule has 80 valence electrons. The largest absolute Gasteiger partial charge is 1.00 e. The second kappa shape index (κ2) is 13.9. The maximum Gasteiger partial charge on any atom is 1.00 e. The van der Waals surface area contributed by atoms with Crippen LogP contribution in [0, 0.1) is 0 Å². The fraction of sp³-hybridized carbons (Fsp3) is 0.500. The number of carbonyl (C=O) groups is 2. The van der Waals surface area contributed by atoms with Crippen molar-refractivity contribution in [3.05, 3.63) is 0 Å². The first kappa shape index (κ1) is 22.8. The second-order valence-electron chi connectivity index (χ2n) is 1.32. The first-order chi connectivity index (χ1) is 4.14. The number of hydrogen-bond acceptors (Lipinski definition) is 6. The fourth-order valence-corrected chi connectivity index (χ4v) is 0. The first-order valence-corrected chi connectivity index (χ1v) is 2.27. The number of aliphatic carboxylic acids is 2. The Bertz CT molecular complexity index is 115. The molecular formula is C4H8Ag2N2O4. The number of hydrogen-bond donors (Lipinski definition) is 2. The third-order valence-electron chi connectivity index (χ3n) is 0.417. The molecule has 0 unspecified atom stereocenters. The monoisotopic (exact) mass is 362 g/mol. The van der Waals surface area contributed by atoms with Crippen LogP contribution in [0.4, 0.5) is 0 Å². The molecule has 8 heteroatoms. The summed E-state index contributed by atoms with van der Waals surface area (Å²) in [6.07, 6.45) is 0. The molecule has 1 aliphatic rings. The Labute approximate surface area is 101 Å². The van der Waals surface area contributed by atoms with E-state index in [1.807, 2.05) is 0 Å². The van der Waals surface area contributed by atoms with E-state index < -0.39 is 11.9 Å². The molecule has 12 heavy (non-hydrogen) atoms. The van der Waals surface area contributed by atoms with E-state index in [0.29, 0.717) is 0 Å². The summed E-state index contributed by atoms with van der Waals surface area (Å²) in [5.41, 5.74) is 0. The van der Waals surface area contributed by atoms with Crippen LogP contribution in [0.25, 0.3) is 0 Å². The van der Waals surface area contributed by atoms with Crippen molar-refractivity contribution in [2.45, 2.75) is 0 Å². The van der Waals surface area contributed by atoms with Gasteiger partial charge in [-0.3, -0.25) is 0 Å². The molecule has 0 radical (unpaired) electrons. The summed E-state index contributed by atoms with van der Waals surface area (Å²) < 4.78 is 0. The van der Waals surface area contributed by atoms with Gasteiger partial charge in [0.15, 0.2) is 0 Å². The van der Waals surface area contributed by atoms with E-state index in [9.17, 15) is 0 Å². The maximum atomic E-state index is 8.93. The summed E-state index contributed by atoms with van der Waals surface area (Å²) in [4.78, 5) is 17.9. The van der Waals surface area contributed by atoms with Gasteiger partial charge in [-0.25, -0.2) is 0 Å². The molecule has 0 aromatic carbocycles. The van der Waals surface area contributed by atoms with Gasteiger partial charge in [0.05, 0.1) is 11.9 Å². The normalized spacial score (nSPS) is 9.67. The van der Waals surface area contributed by atoms with Crippen molar-refractivity contribution in [2.24, 2.45) is 0 Å². The third kappa shape index (κ3) is 31.6. The quantitative estimate of drug-likeness (QED) is 0.257. The smallest absolute Gasteiger partial charge is 0.543 e. The zero-order valence-corrected chi connectivity index (χ0v) is 8.82. The summed E-state index contributed by atoms with van der Waals surface area (Å²) in [5, 5.41) is 20.9. The average Bonchev–Trinajstić information content (AvgIpc) is 2.46. The molecule has 0 aliphatic carbocycles. The maximum absolute atomic E-state index is 8.93. The van der Waals surface area contributed by atoms with E-state index in [1.165, 1.54) is 13.1 Å². The molecule has 0 amide bonds. The van der Waals surface area contributed by atoms with Crippen LogP contribution in [0.3, 0.4) is 0 Å². The molecule has 0 aromatic rings. The molecule has 0 spiro atoms. The number of carbonyl (C=O) groups excluding carboxylic acids is 2. The summed E-state index contributed by atoms with van der Waals surface area (Å²) >= 11 is 0. The van der Waals surface area contributed by atoms with Crippen LogP contribution < -0.4 is 21.7 Å². The number of carboxylic acids is 2. The summed E-state index contributed by atoms with van der Waals surface area (Å²) in [5.74, 6) is -4.37. The summed E-state index contributed by atoms with van der Waals surface area (Å²) in [6, 6.07) is 0. The van der Waals surface area contributed by atoms with Gasteiger partial charge in [-0.2, -0.15) is 0 Å². The van der Waals surface area contributed by atoms with Crippen molar-refractivity contribution in [3.63, 3.8) is 0 Å². The van der Waals surface area contributed by atoms with Crippen LogP contribution in [0.1, 0.15) is 0 Å². The minimum atomic E-state index is -2.19. The predicted molar refractivity (Wildman–Crippen MR) is 27.9 cm³/mol. The van der Waals surface area contributed by atoms with Crippen molar-refractivity contribution >= 4 is 11.9 Å². The van der Waals surface area contributed by atoms with Gasteiger partial charge in [-0.15, -0.1) is 0 Å². The Balaban J connectivity index is -0.0000000467. The molecule has 6 nitrogen and oxygen atoms in total. The van der Waals surface area contributed by atoms with Gasteiger partial charge in [0, 0.05) is 13.1 Å².